The first-order valence-electron chi connectivity index (χ1n) is 10.2. The molecule has 32 heavy (non-hydrogen) atoms. The number of amides is 3. The number of urea groups is 1. The highest BCUT2D eigenvalue weighted by Crippen LogP contribution is 2.34. The highest BCUT2D eigenvalue weighted by atomic mass is 32.1. The number of ether oxygens (including phenoxy) is 1. The Morgan fingerprint density at radius 1 is 1.16 bits per heavy atom. The summed E-state index contributed by atoms with van der Waals surface area (Å²) in [5.41, 5.74) is 1.00. The van der Waals surface area contributed by atoms with Crippen LogP contribution in [-0.4, -0.2) is 40.2 Å². The molecule has 1 aliphatic heterocycles. The van der Waals surface area contributed by atoms with Crippen LogP contribution in [0.4, 0.5) is 20.6 Å². The van der Waals surface area contributed by atoms with Gasteiger partial charge in [0.05, 0.1) is 12.6 Å². The third kappa shape index (κ3) is 5.02. The lowest BCUT2D eigenvalue weighted by Gasteiger charge is -2.23. The van der Waals surface area contributed by atoms with E-state index in [9.17, 15) is 14.0 Å². The smallest absolute Gasteiger partial charge is 0.322 e. The molecule has 0 aliphatic carbocycles. The lowest BCUT2D eigenvalue weighted by molar-refractivity contribution is 0.102. The van der Waals surface area contributed by atoms with Crippen LogP contribution in [0.2, 0.25) is 0 Å². The van der Waals surface area contributed by atoms with Crippen molar-refractivity contribution in [1.82, 2.24) is 15.1 Å². The van der Waals surface area contributed by atoms with Crippen molar-refractivity contribution in [2.45, 2.75) is 25.8 Å². The maximum atomic E-state index is 13.3. The molecular formula is C22H22FN5O3S. The number of carbonyl (C=O) groups excluding carboxylic acids is 2. The summed E-state index contributed by atoms with van der Waals surface area (Å²) in [6.45, 7) is 3.07. The van der Waals surface area contributed by atoms with Crippen LogP contribution < -0.4 is 15.4 Å². The Balaban J connectivity index is 1.41. The molecule has 0 spiro atoms. The van der Waals surface area contributed by atoms with Crippen LogP contribution >= 0.6 is 11.3 Å². The van der Waals surface area contributed by atoms with E-state index in [1.165, 1.54) is 18.2 Å². The van der Waals surface area contributed by atoms with Crippen molar-refractivity contribution in [2.75, 3.05) is 23.8 Å². The summed E-state index contributed by atoms with van der Waals surface area (Å²) in [6.07, 6.45) is 1.56. The van der Waals surface area contributed by atoms with Crippen molar-refractivity contribution in [3.8, 4) is 5.75 Å². The van der Waals surface area contributed by atoms with Crippen molar-refractivity contribution in [2.24, 2.45) is 0 Å². The summed E-state index contributed by atoms with van der Waals surface area (Å²) in [4.78, 5) is 27.0. The standard InChI is InChI=1S/C22H22FN5O3S/c1-2-31-17-10-8-15(9-11-17)25-22(30)28-12-4-7-18(28)20-26-27-21(32-20)19(29)24-16-6-3-5-14(23)13-16/h3,5-6,8-11,13,18H,2,4,7,12H2,1H3,(H,24,29)(H,25,30)/t18-/m1/s1. The highest BCUT2D eigenvalue weighted by molar-refractivity contribution is 7.13. The van der Waals surface area contributed by atoms with E-state index in [1.807, 2.05) is 6.92 Å². The molecule has 1 saturated heterocycles. The topological polar surface area (TPSA) is 96.4 Å². The average Bonchev–Trinajstić information content (AvgIpc) is 3.45. The molecular weight excluding hydrogens is 433 g/mol. The van der Waals surface area contributed by atoms with Crippen LogP contribution in [0.5, 0.6) is 5.75 Å². The summed E-state index contributed by atoms with van der Waals surface area (Å²) in [6, 6.07) is 12.3. The second-order valence-electron chi connectivity index (χ2n) is 7.15. The normalized spacial score (nSPS) is 15.4. The average molecular weight is 456 g/mol. The highest BCUT2D eigenvalue weighted by Gasteiger charge is 2.33. The number of benzene rings is 2. The van der Waals surface area contributed by atoms with Gasteiger partial charge < -0.3 is 20.3 Å². The fourth-order valence-corrected chi connectivity index (χ4v) is 4.36. The number of halogens is 1. The molecule has 0 radical (unpaired) electrons. The Kier molecular flexibility index (Phi) is 6.60. The second-order valence-corrected chi connectivity index (χ2v) is 8.16. The Labute approximate surface area is 188 Å². The van der Waals surface area contributed by atoms with Gasteiger partial charge in [-0.15, -0.1) is 10.2 Å². The van der Waals surface area contributed by atoms with E-state index in [2.05, 4.69) is 20.8 Å². The van der Waals surface area contributed by atoms with Gasteiger partial charge >= 0.3 is 6.03 Å². The summed E-state index contributed by atoms with van der Waals surface area (Å²) in [5, 5.41) is 14.4. The first-order valence-corrected chi connectivity index (χ1v) is 11.1. The molecule has 166 valence electrons. The van der Waals surface area contributed by atoms with Crippen LogP contribution in [0, 0.1) is 5.82 Å². The number of rotatable bonds is 6. The van der Waals surface area contributed by atoms with E-state index in [0.717, 1.165) is 29.9 Å². The zero-order chi connectivity index (χ0) is 22.5. The van der Waals surface area contributed by atoms with Crippen molar-refractivity contribution in [3.63, 3.8) is 0 Å². The molecule has 1 aromatic heterocycles. The summed E-state index contributed by atoms with van der Waals surface area (Å²) >= 11 is 1.13. The zero-order valence-electron chi connectivity index (χ0n) is 17.4. The molecule has 1 atom stereocenters. The van der Waals surface area contributed by atoms with Gasteiger partial charge in [0.15, 0.2) is 0 Å². The Morgan fingerprint density at radius 3 is 2.72 bits per heavy atom. The van der Waals surface area contributed by atoms with Crippen molar-refractivity contribution in [3.05, 3.63) is 64.4 Å². The quantitative estimate of drug-likeness (QED) is 0.562. The van der Waals surface area contributed by atoms with Crippen LogP contribution in [-0.2, 0) is 0 Å². The fourth-order valence-electron chi connectivity index (χ4n) is 3.47. The number of carbonyl (C=O) groups is 2. The Hall–Kier alpha value is -3.53. The van der Waals surface area contributed by atoms with Gasteiger partial charge in [0.25, 0.3) is 5.91 Å². The number of nitrogens with one attached hydrogen (secondary N) is 2. The van der Waals surface area contributed by atoms with Gasteiger partial charge in [0.2, 0.25) is 5.01 Å². The molecule has 2 aromatic carbocycles. The van der Waals surface area contributed by atoms with Crippen molar-refractivity contribution < 1.29 is 18.7 Å². The van der Waals surface area contributed by atoms with Crippen molar-refractivity contribution in [1.29, 1.82) is 0 Å². The van der Waals surface area contributed by atoms with Crippen LogP contribution in [0.25, 0.3) is 0 Å². The number of hydrogen-bond donors (Lipinski definition) is 2. The maximum absolute atomic E-state index is 13.3. The number of nitrogens with zero attached hydrogens (tertiary/aromatic N) is 3. The summed E-state index contributed by atoms with van der Waals surface area (Å²) in [5.74, 6) is -0.175. The second kappa shape index (κ2) is 9.73. The molecule has 1 aliphatic rings. The van der Waals surface area contributed by atoms with Gasteiger partial charge in [0, 0.05) is 17.9 Å². The maximum Gasteiger partial charge on any atom is 0.322 e. The van der Waals surface area contributed by atoms with E-state index in [4.69, 9.17) is 4.74 Å². The fraction of sp³-hybridized carbons (Fsp3) is 0.273. The van der Waals surface area contributed by atoms with E-state index in [0.29, 0.717) is 29.5 Å². The minimum absolute atomic E-state index is 0.156. The Morgan fingerprint density at radius 2 is 1.97 bits per heavy atom. The van der Waals surface area contributed by atoms with Crippen LogP contribution in [0.1, 0.15) is 40.6 Å². The molecule has 10 heteroatoms. The Bertz CT molecular complexity index is 1100. The summed E-state index contributed by atoms with van der Waals surface area (Å²) < 4.78 is 18.7. The molecule has 3 amide bonds. The molecule has 1 fully saturated rings. The molecule has 0 unspecified atom stereocenters. The van der Waals surface area contributed by atoms with Crippen LogP contribution in [0.15, 0.2) is 48.5 Å². The van der Waals surface area contributed by atoms with Gasteiger partial charge in [-0.2, -0.15) is 0 Å². The van der Waals surface area contributed by atoms with Crippen LogP contribution in [0.3, 0.4) is 0 Å². The van der Waals surface area contributed by atoms with Gasteiger partial charge in [-0.25, -0.2) is 9.18 Å². The van der Waals surface area contributed by atoms with E-state index in [-0.39, 0.29) is 17.1 Å². The first-order chi connectivity index (χ1) is 15.5. The number of aromatic nitrogens is 2. The molecule has 4 rings (SSSR count). The van der Waals surface area contributed by atoms with E-state index < -0.39 is 11.7 Å². The van der Waals surface area contributed by atoms with Crippen molar-refractivity contribution >= 4 is 34.6 Å². The SMILES string of the molecule is CCOc1ccc(NC(=O)N2CCC[C@@H]2c2nnc(C(=O)Nc3cccc(F)c3)s2)cc1. The first kappa shape index (κ1) is 21.7. The molecule has 0 bridgehead atoms. The largest absolute Gasteiger partial charge is 0.494 e. The predicted octanol–water partition coefficient (Wildman–Crippen LogP) is 4.70. The lowest BCUT2D eigenvalue weighted by atomic mass is 10.2. The van der Waals surface area contributed by atoms with Gasteiger partial charge in [-0.05, 0) is 62.2 Å². The molecule has 2 heterocycles. The molecule has 2 N–H and O–H groups in total. The molecule has 8 nitrogen and oxygen atoms in total. The zero-order valence-corrected chi connectivity index (χ0v) is 18.2. The minimum Gasteiger partial charge on any atom is -0.494 e. The molecule has 0 saturated carbocycles. The minimum atomic E-state index is -0.470. The lowest BCUT2D eigenvalue weighted by Crippen LogP contribution is -2.34. The summed E-state index contributed by atoms with van der Waals surface area (Å²) in [7, 11) is 0. The predicted molar refractivity (Wildman–Crippen MR) is 120 cm³/mol. The van der Waals surface area contributed by atoms with Gasteiger partial charge in [-0.1, -0.05) is 17.4 Å². The number of hydrogen-bond acceptors (Lipinski definition) is 6. The number of likely N-dealkylation sites (tertiary alicyclic amines) is 1. The third-order valence-corrected chi connectivity index (χ3v) is 5.96. The monoisotopic (exact) mass is 455 g/mol. The third-order valence-electron chi connectivity index (χ3n) is 4.93. The number of anilines is 2. The van der Waals surface area contributed by atoms with E-state index >= 15 is 0 Å². The van der Waals surface area contributed by atoms with Gasteiger partial charge in [0.1, 0.15) is 16.6 Å². The molecule has 3 aromatic rings. The van der Waals surface area contributed by atoms with Gasteiger partial charge in [-0.3, -0.25) is 4.79 Å². The van der Waals surface area contributed by atoms with E-state index in [1.54, 1.807) is 35.2 Å².